The van der Waals surface area contributed by atoms with Gasteiger partial charge in [0.1, 0.15) is 46.5 Å². The highest BCUT2D eigenvalue weighted by Crippen LogP contribution is 2.32. The number of benzene rings is 2. The molecule has 6 aromatic rings. The molecule has 338 valence electrons. The van der Waals surface area contributed by atoms with Crippen LogP contribution in [0.2, 0.25) is 0 Å². The summed E-state index contributed by atoms with van der Waals surface area (Å²) in [5, 5.41) is 18.1. The van der Waals surface area contributed by atoms with E-state index in [0.29, 0.717) is 94.7 Å². The van der Waals surface area contributed by atoms with Gasteiger partial charge in [-0.05, 0) is 104 Å². The first kappa shape index (κ1) is 49.0. The topological polar surface area (TPSA) is 246 Å². The number of hydrogen-bond acceptors (Lipinski definition) is 14. The van der Waals surface area contributed by atoms with Crippen LogP contribution >= 0.6 is 0 Å². The molecular formula is C44H61N13O6. The monoisotopic (exact) mass is 867 g/mol. The molecule has 0 spiro atoms. The number of aryl methyl sites for hydroxylation is 4. The minimum atomic E-state index is -0.349. The number of nitrogens with one attached hydrogen (secondary N) is 3. The molecule has 0 aliphatic heterocycles. The lowest BCUT2D eigenvalue weighted by molar-refractivity contribution is 0.101. The number of fused-ring (bicyclic) bond motifs is 2. The zero-order chi connectivity index (χ0) is 46.1. The molecule has 1 fully saturated rings. The molecule has 1 saturated carbocycles. The van der Waals surface area contributed by atoms with E-state index in [-0.39, 0.29) is 5.91 Å². The van der Waals surface area contributed by atoms with E-state index >= 15 is 0 Å². The fraction of sp³-hybridized carbons (Fsp3) is 0.409. The number of nitrogens with zero attached hydrogens (tertiary/aromatic N) is 8. The molecule has 1 amide bonds. The van der Waals surface area contributed by atoms with Crippen LogP contribution in [-0.4, -0.2) is 111 Å². The van der Waals surface area contributed by atoms with Crippen LogP contribution in [0.25, 0.3) is 22.1 Å². The lowest BCUT2D eigenvalue weighted by Gasteiger charge is -2.13. The summed E-state index contributed by atoms with van der Waals surface area (Å²) in [4.78, 5) is 56.7. The zero-order valence-electron chi connectivity index (χ0n) is 37.5. The van der Waals surface area contributed by atoms with E-state index in [0.717, 1.165) is 55.3 Å². The van der Waals surface area contributed by atoms with Crippen LogP contribution in [0.5, 0.6) is 11.5 Å². The number of aromatic nitrogens is 8. The number of carbonyl (C=O) groups is 4. The van der Waals surface area contributed by atoms with Gasteiger partial charge in [0.2, 0.25) is 11.9 Å². The summed E-state index contributed by atoms with van der Waals surface area (Å²) >= 11 is 0. The van der Waals surface area contributed by atoms with Crippen molar-refractivity contribution in [2.24, 2.45) is 11.5 Å². The summed E-state index contributed by atoms with van der Waals surface area (Å²) in [5.41, 5.74) is 15.2. The largest absolute Gasteiger partial charge is 0.494 e. The summed E-state index contributed by atoms with van der Waals surface area (Å²) in [6.07, 6.45) is 9.52. The number of imidazole rings is 2. The molecule has 0 radical (unpaired) electrons. The van der Waals surface area contributed by atoms with Crippen LogP contribution in [0.4, 0.5) is 11.9 Å². The molecule has 7 N–H and O–H groups in total. The molecule has 2 aromatic carbocycles. The van der Waals surface area contributed by atoms with Crippen molar-refractivity contribution in [2.75, 3.05) is 52.0 Å². The normalized spacial score (nSPS) is 11.8. The first-order valence-corrected chi connectivity index (χ1v) is 20.9. The first-order chi connectivity index (χ1) is 30.6. The highest BCUT2D eigenvalue weighted by atomic mass is 16.5. The van der Waals surface area contributed by atoms with Gasteiger partial charge in [0, 0.05) is 50.4 Å². The van der Waals surface area contributed by atoms with Gasteiger partial charge in [-0.25, -0.2) is 9.97 Å². The van der Waals surface area contributed by atoms with Crippen LogP contribution in [0, 0.1) is 13.8 Å². The summed E-state index contributed by atoms with van der Waals surface area (Å²) in [6.45, 7) is 10.9. The van der Waals surface area contributed by atoms with Crippen molar-refractivity contribution in [2.45, 2.75) is 79.2 Å². The Morgan fingerprint density at radius 2 is 1.33 bits per heavy atom. The zero-order valence-corrected chi connectivity index (χ0v) is 37.5. The molecule has 7 rings (SSSR count). The van der Waals surface area contributed by atoms with Gasteiger partial charge in [-0.2, -0.15) is 10.2 Å². The first-order valence-electron chi connectivity index (χ1n) is 20.9. The van der Waals surface area contributed by atoms with Crippen molar-refractivity contribution in [1.29, 1.82) is 0 Å². The predicted octanol–water partition coefficient (Wildman–Crippen LogP) is 4.79. The van der Waals surface area contributed by atoms with Crippen molar-refractivity contribution in [3.63, 3.8) is 0 Å². The number of hydrogen-bond donors (Lipinski definition) is 5. The summed E-state index contributed by atoms with van der Waals surface area (Å²) in [6, 6.07) is 10.9. The highest BCUT2D eigenvalue weighted by molar-refractivity contribution is 6.03. The average Bonchev–Trinajstić information content (AvgIpc) is 3.59. The lowest BCUT2D eigenvalue weighted by atomic mass is 10.2. The average molecular weight is 868 g/mol. The Kier molecular flexibility index (Phi) is 18.7. The van der Waals surface area contributed by atoms with E-state index in [1.165, 1.54) is 26.9 Å². The van der Waals surface area contributed by atoms with Crippen LogP contribution in [-0.2, 0) is 26.2 Å². The maximum absolute atomic E-state index is 13.5. The standard InChI is InChI=1S/C35H41N9O5.C7H10N2O.2CH5N/c1-5-44-28(15-22(2)41-44)33(47)40-35-39-27-17-24(21-46)19-30(49-14-8-11-37-25-9-10-25)32(27)43(35)13-7-6-12-42-31-26(38-34(42)36-3)16-23(20-45)18-29(31)48-4;1-3-9-7(5-10)4-6(2)8-9;2*1-2/h6-7,15-21,25,37H,5,8-14H2,1-4H3,(H,36,38)(H,39,40,47);4-5H,3H2,1-2H3;2*2H2,1H3/b7-6+;;;. The second-order valence-electron chi connectivity index (χ2n) is 14.0. The number of nitrogens with two attached hydrogens (primary N) is 2. The van der Waals surface area contributed by atoms with Crippen LogP contribution in [0.1, 0.15) is 86.2 Å². The number of ether oxygens (including phenoxy) is 2. The Labute approximate surface area is 367 Å². The third-order valence-electron chi connectivity index (χ3n) is 9.72. The highest BCUT2D eigenvalue weighted by Gasteiger charge is 2.22. The third kappa shape index (κ3) is 12.2. The van der Waals surface area contributed by atoms with E-state index in [1.54, 1.807) is 59.9 Å². The summed E-state index contributed by atoms with van der Waals surface area (Å²) in [7, 11) is 6.34. The van der Waals surface area contributed by atoms with Crippen molar-refractivity contribution >= 4 is 58.7 Å². The van der Waals surface area contributed by atoms with E-state index in [4.69, 9.17) is 14.5 Å². The fourth-order valence-corrected chi connectivity index (χ4v) is 6.80. The van der Waals surface area contributed by atoms with Crippen LogP contribution in [0.3, 0.4) is 0 Å². The van der Waals surface area contributed by atoms with Gasteiger partial charge in [-0.15, -0.1) is 0 Å². The van der Waals surface area contributed by atoms with Crippen molar-refractivity contribution < 1.29 is 28.7 Å². The molecule has 0 unspecified atom stereocenters. The van der Waals surface area contributed by atoms with Crippen LogP contribution < -0.4 is 36.9 Å². The van der Waals surface area contributed by atoms with Gasteiger partial charge >= 0.3 is 0 Å². The minimum absolute atomic E-state index is 0.307. The molecule has 4 aromatic heterocycles. The number of amides is 1. The molecule has 19 heteroatoms. The minimum Gasteiger partial charge on any atom is -0.494 e. The SMILES string of the molecule is CCn1nc(C)cc1C(=O)Nc1nc2cc(C=O)cc(OCCCNC3CC3)c2n1C/C=C/Cn1c(NC)nc2cc(C=O)cc(OC)c21.CCn1nc(C)cc1C=O.CN.CN. The molecule has 0 saturated heterocycles. The molecule has 0 bridgehead atoms. The Morgan fingerprint density at radius 3 is 1.87 bits per heavy atom. The molecule has 4 heterocycles. The van der Waals surface area contributed by atoms with Gasteiger partial charge in [-0.1, -0.05) is 12.2 Å². The second kappa shape index (κ2) is 24.1. The number of rotatable bonds is 19. The second-order valence-corrected chi connectivity index (χ2v) is 14.0. The Hall–Kier alpha value is -6.70. The van der Waals surface area contributed by atoms with E-state index in [2.05, 4.69) is 42.6 Å². The Balaban J connectivity index is 0.000000538. The Morgan fingerprint density at radius 1 is 0.778 bits per heavy atom. The van der Waals surface area contributed by atoms with Gasteiger partial charge < -0.3 is 40.7 Å². The number of anilines is 2. The lowest BCUT2D eigenvalue weighted by Crippen LogP contribution is -2.20. The number of carbonyl (C=O) groups excluding carboxylic acids is 4. The molecule has 19 nitrogen and oxygen atoms in total. The molecule has 1 aliphatic carbocycles. The maximum atomic E-state index is 13.5. The summed E-state index contributed by atoms with van der Waals surface area (Å²) < 4.78 is 19.0. The molecule has 1 aliphatic rings. The van der Waals surface area contributed by atoms with E-state index < -0.39 is 0 Å². The summed E-state index contributed by atoms with van der Waals surface area (Å²) in [5.74, 6) is 1.61. The van der Waals surface area contributed by atoms with E-state index in [1.807, 2.05) is 49.0 Å². The van der Waals surface area contributed by atoms with Gasteiger partial charge in [0.25, 0.3) is 5.91 Å². The van der Waals surface area contributed by atoms with Gasteiger partial charge in [-0.3, -0.25) is 33.9 Å². The molecule has 0 atom stereocenters. The van der Waals surface area contributed by atoms with Crippen molar-refractivity contribution in [3.05, 3.63) is 82.5 Å². The number of allylic oxidation sites excluding steroid dienone is 2. The fourth-order valence-electron chi connectivity index (χ4n) is 6.80. The Bertz CT molecular complexity index is 2490. The molecular weight excluding hydrogens is 807 g/mol. The number of aldehydes is 3. The molecule has 63 heavy (non-hydrogen) atoms. The van der Waals surface area contributed by atoms with Gasteiger partial charge in [0.15, 0.2) is 6.29 Å². The predicted molar refractivity (Wildman–Crippen MR) is 245 cm³/mol. The van der Waals surface area contributed by atoms with E-state index in [9.17, 15) is 19.2 Å². The van der Waals surface area contributed by atoms with Gasteiger partial charge in [0.05, 0.1) is 36.1 Å². The maximum Gasteiger partial charge on any atom is 0.276 e. The van der Waals surface area contributed by atoms with Crippen LogP contribution in [0.15, 0.2) is 48.6 Å². The smallest absolute Gasteiger partial charge is 0.276 e. The van der Waals surface area contributed by atoms with Crippen molar-refractivity contribution in [3.8, 4) is 11.5 Å². The quantitative estimate of drug-likeness (QED) is 0.0418. The number of methoxy groups -OCH3 is 1. The van der Waals surface area contributed by atoms with Crippen molar-refractivity contribution in [1.82, 2.24) is 44.0 Å². The third-order valence-corrected chi connectivity index (χ3v) is 9.72.